The number of amides is 1. The topological polar surface area (TPSA) is 70.7 Å². The van der Waals surface area contributed by atoms with Crippen LogP contribution in [0, 0.1) is 0 Å². The lowest BCUT2D eigenvalue weighted by molar-refractivity contribution is -0.121. The van der Waals surface area contributed by atoms with E-state index in [9.17, 15) is 4.79 Å². The van der Waals surface area contributed by atoms with Crippen LogP contribution in [0.3, 0.4) is 0 Å². The van der Waals surface area contributed by atoms with E-state index in [1.807, 2.05) is 13.8 Å². The Labute approximate surface area is 90.8 Å². The quantitative estimate of drug-likeness (QED) is 0.799. The van der Waals surface area contributed by atoms with E-state index in [0.717, 1.165) is 6.42 Å². The van der Waals surface area contributed by atoms with Gasteiger partial charge in [-0.15, -0.1) is 0 Å². The van der Waals surface area contributed by atoms with Crippen molar-refractivity contribution in [3.63, 3.8) is 0 Å². The van der Waals surface area contributed by atoms with Crippen LogP contribution in [0.15, 0.2) is 6.33 Å². The van der Waals surface area contributed by atoms with Crippen molar-refractivity contribution in [1.82, 2.24) is 20.5 Å². The normalized spacial score (nSPS) is 14.8. The maximum absolute atomic E-state index is 11.5. The largest absolute Gasteiger partial charge is 0.345 e. The van der Waals surface area contributed by atoms with Crippen LogP contribution in [-0.4, -0.2) is 25.9 Å². The van der Waals surface area contributed by atoms with Gasteiger partial charge in [0.15, 0.2) is 0 Å². The molecule has 2 atom stereocenters. The molecule has 0 aliphatic carbocycles. The zero-order valence-electron chi connectivity index (χ0n) is 8.12. The summed E-state index contributed by atoms with van der Waals surface area (Å²) in [6.07, 6.45) is 2.18. The van der Waals surface area contributed by atoms with Crippen LogP contribution >= 0.6 is 15.9 Å². The van der Waals surface area contributed by atoms with E-state index in [1.54, 1.807) is 0 Å². The first-order chi connectivity index (χ1) is 6.65. The van der Waals surface area contributed by atoms with Crippen molar-refractivity contribution in [2.75, 3.05) is 0 Å². The van der Waals surface area contributed by atoms with Gasteiger partial charge in [0.25, 0.3) is 0 Å². The lowest BCUT2D eigenvalue weighted by Crippen LogP contribution is -2.33. The minimum Gasteiger partial charge on any atom is -0.345 e. The Morgan fingerprint density at radius 2 is 2.50 bits per heavy atom. The van der Waals surface area contributed by atoms with Gasteiger partial charge in [-0.2, -0.15) is 5.10 Å². The molecule has 2 unspecified atom stereocenters. The second-order valence-electron chi connectivity index (χ2n) is 2.98. The maximum atomic E-state index is 11.5. The van der Waals surface area contributed by atoms with Crippen LogP contribution in [0.25, 0.3) is 0 Å². The van der Waals surface area contributed by atoms with E-state index in [2.05, 4.69) is 36.4 Å². The van der Waals surface area contributed by atoms with E-state index in [4.69, 9.17) is 0 Å². The van der Waals surface area contributed by atoms with Crippen LogP contribution in [0.5, 0.6) is 0 Å². The summed E-state index contributed by atoms with van der Waals surface area (Å²) in [5.74, 6) is 0.630. The van der Waals surface area contributed by atoms with Gasteiger partial charge in [0.05, 0.1) is 10.9 Å². The van der Waals surface area contributed by atoms with Gasteiger partial charge in [0, 0.05) is 0 Å². The zero-order chi connectivity index (χ0) is 10.6. The Bertz CT molecular complexity index is 288. The van der Waals surface area contributed by atoms with Crippen LogP contribution in [0.4, 0.5) is 0 Å². The molecular formula is C8H13BrN4O. The third-order valence-electron chi connectivity index (χ3n) is 1.85. The third-order valence-corrected chi connectivity index (χ3v) is 2.91. The minimum absolute atomic E-state index is 0.0311. The van der Waals surface area contributed by atoms with E-state index in [0.29, 0.717) is 5.82 Å². The summed E-state index contributed by atoms with van der Waals surface area (Å²) in [4.78, 5) is 15.3. The number of nitrogens with one attached hydrogen (secondary N) is 2. The number of hydrogen-bond donors (Lipinski definition) is 2. The molecule has 0 radical (unpaired) electrons. The Balaban J connectivity index is 2.49. The summed E-state index contributed by atoms with van der Waals surface area (Å²) in [5.41, 5.74) is 0. The number of carbonyl (C=O) groups is 1. The van der Waals surface area contributed by atoms with Gasteiger partial charge in [-0.1, -0.05) is 22.9 Å². The average molecular weight is 261 g/mol. The fourth-order valence-corrected chi connectivity index (χ4v) is 1.11. The van der Waals surface area contributed by atoms with E-state index in [-0.39, 0.29) is 16.8 Å². The monoisotopic (exact) mass is 260 g/mol. The molecule has 1 aromatic heterocycles. The Kier molecular flexibility index (Phi) is 4.06. The summed E-state index contributed by atoms with van der Waals surface area (Å²) >= 11 is 3.28. The molecule has 78 valence electrons. The molecule has 0 fully saturated rings. The Morgan fingerprint density at radius 1 is 1.79 bits per heavy atom. The number of aromatic nitrogens is 3. The van der Waals surface area contributed by atoms with Gasteiger partial charge in [-0.3, -0.25) is 9.89 Å². The highest BCUT2D eigenvalue weighted by atomic mass is 79.9. The number of H-pyrrole nitrogens is 1. The Hall–Kier alpha value is -0.910. The Morgan fingerprint density at radius 3 is 3.00 bits per heavy atom. The molecule has 1 aromatic rings. The van der Waals surface area contributed by atoms with E-state index in [1.165, 1.54) is 6.33 Å². The first kappa shape index (κ1) is 11.2. The molecule has 0 spiro atoms. The first-order valence-corrected chi connectivity index (χ1v) is 5.36. The van der Waals surface area contributed by atoms with Crippen LogP contribution in [-0.2, 0) is 4.79 Å². The van der Waals surface area contributed by atoms with Gasteiger partial charge >= 0.3 is 0 Å². The fourth-order valence-electron chi connectivity index (χ4n) is 0.981. The number of halogens is 1. The SMILES string of the molecule is CCC(Br)C(=O)NC(C)c1ncn[nH]1. The third kappa shape index (κ3) is 2.80. The van der Waals surface area contributed by atoms with E-state index >= 15 is 0 Å². The van der Waals surface area contributed by atoms with Gasteiger partial charge in [-0.25, -0.2) is 4.98 Å². The highest BCUT2D eigenvalue weighted by molar-refractivity contribution is 9.10. The molecule has 14 heavy (non-hydrogen) atoms. The minimum atomic E-state index is -0.145. The number of carbonyl (C=O) groups excluding carboxylic acids is 1. The van der Waals surface area contributed by atoms with Gasteiger partial charge < -0.3 is 5.32 Å². The molecule has 0 aromatic carbocycles. The summed E-state index contributed by atoms with van der Waals surface area (Å²) < 4.78 is 0. The molecule has 0 saturated heterocycles. The van der Waals surface area contributed by atoms with Crippen molar-refractivity contribution in [3.05, 3.63) is 12.2 Å². The van der Waals surface area contributed by atoms with Crippen LogP contribution in [0.2, 0.25) is 0 Å². The van der Waals surface area contributed by atoms with Crippen molar-refractivity contribution >= 4 is 21.8 Å². The first-order valence-electron chi connectivity index (χ1n) is 4.44. The predicted molar refractivity (Wildman–Crippen MR) is 55.9 cm³/mol. The van der Waals surface area contributed by atoms with Crippen molar-refractivity contribution in [2.24, 2.45) is 0 Å². The molecule has 1 amide bonds. The molecule has 5 nitrogen and oxygen atoms in total. The number of alkyl halides is 1. The number of nitrogens with zero attached hydrogens (tertiary/aromatic N) is 2. The van der Waals surface area contributed by atoms with Crippen molar-refractivity contribution < 1.29 is 4.79 Å². The molecule has 0 saturated carbocycles. The van der Waals surface area contributed by atoms with Crippen molar-refractivity contribution in [1.29, 1.82) is 0 Å². The molecule has 0 aliphatic rings. The molecule has 0 bridgehead atoms. The summed E-state index contributed by atoms with van der Waals surface area (Å²) in [6, 6.07) is -0.142. The lowest BCUT2D eigenvalue weighted by atomic mass is 10.2. The second-order valence-corrected chi connectivity index (χ2v) is 4.08. The second kappa shape index (κ2) is 5.09. The molecule has 2 N–H and O–H groups in total. The predicted octanol–water partition coefficient (Wildman–Crippen LogP) is 1.16. The zero-order valence-corrected chi connectivity index (χ0v) is 9.71. The van der Waals surface area contributed by atoms with Crippen LogP contribution in [0.1, 0.15) is 32.1 Å². The number of hydrogen-bond acceptors (Lipinski definition) is 3. The highest BCUT2D eigenvalue weighted by Crippen LogP contribution is 2.09. The molecule has 0 aliphatic heterocycles. The number of aromatic amines is 1. The fraction of sp³-hybridized carbons (Fsp3) is 0.625. The molecular weight excluding hydrogens is 248 g/mol. The maximum Gasteiger partial charge on any atom is 0.234 e. The van der Waals surface area contributed by atoms with E-state index < -0.39 is 0 Å². The van der Waals surface area contributed by atoms with Gasteiger partial charge in [0.2, 0.25) is 5.91 Å². The van der Waals surface area contributed by atoms with Crippen molar-refractivity contribution in [2.45, 2.75) is 31.1 Å². The standard InChI is InChI=1S/C8H13BrN4O/c1-3-6(9)8(14)12-5(2)7-10-4-11-13-7/h4-6H,3H2,1-2H3,(H,12,14)(H,10,11,13). The molecule has 1 heterocycles. The lowest BCUT2D eigenvalue weighted by Gasteiger charge is -2.13. The smallest absolute Gasteiger partial charge is 0.234 e. The number of rotatable bonds is 4. The average Bonchev–Trinajstić information content (AvgIpc) is 2.69. The summed E-state index contributed by atoms with van der Waals surface area (Å²) in [7, 11) is 0. The van der Waals surface area contributed by atoms with Gasteiger partial charge in [0.1, 0.15) is 12.2 Å². The molecule has 6 heteroatoms. The molecule has 1 rings (SSSR count). The van der Waals surface area contributed by atoms with Gasteiger partial charge in [-0.05, 0) is 13.3 Å². The highest BCUT2D eigenvalue weighted by Gasteiger charge is 2.16. The summed E-state index contributed by atoms with van der Waals surface area (Å²) in [6.45, 7) is 3.80. The van der Waals surface area contributed by atoms with Crippen LogP contribution < -0.4 is 5.32 Å². The summed E-state index contributed by atoms with van der Waals surface area (Å²) in [5, 5.41) is 9.24. The van der Waals surface area contributed by atoms with Crippen molar-refractivity contribution in [3.8, 4) is 0 Å².